The van der Waals surface area contributed by atoms with E-state index < -0.39 is 9.84 Å². The van der Waals surface area contributed by atoms with Gasteiger partial charge in [-0.05, 0) is 48.8 Å². The highest BCUT2D eigenvalue weighted by molar-refractivity contribution is 7.91. The van der Waals surface area contributed by atoms with Gasteiger partial charge in [0, 0.05) is 23.9 Å². The van der Waals surface area contributed by atoms with Gasteiger partial charge in [-0.15, -0.1) is 0 Å². The average molecular weight is 349 g/mol. The number of sulfone groups is 1. The standard InChI is InChI=1S/C19H27NO3S/c1-19(2,3)14-7-5-13(6-8-14)18(21)20-15-9-10-16(20)12-17(11-15)24(4,22)23/h5-8,15-17H,9-12H2,1-4H3. The topological polar surface area (TPSA) is 54.5 Å². The van der Waals surface area contributed by atoms with Gasteiger partial charge in [-0.3, -0.25) is 4.79 Å². The van der Waals surface area contributed by atoms with Crippen LogP contribution in [0.15, 0.2) is 24.3 Å². The average Bonchev–Trinajstić information content (AvgIpc) is 2.74. The van der Waals surface area contributed by atoms with Gasteiger partial charge in [-0.25, -0.2) is 8.42 Å². The minimum Gasteiger partial charge on any atom is -0.333 e. The highest BCUT2D eigenvalue weighted by atomic mass is 32.2. The molecule has 0 radical (unpaired) electrons. The maximum Gasteiger partial charge on any atom is 0.254 e. The number of amides is 1. The number of carbonyl (C=O) groups excluding carboxylic acids is 1. The van der Waals surface area contributed by atoms with E-state index in [1.807, 2.05) is 29.2 Å². The molecule has 5 heteroatoms. The zero-order valence-electron chi connectivity index (χ0n) is 15.0. The lowest BCUT2D eigenvalue weighted by Crippen LogP contribution is -2.49. The summed E-state index contributed by atoms with van der Waals surface area (Å²) in [5.41, 5.74) is 1.98. The van der Waals surface area contributed by atoms with Crippen molar-refractivity contribution in [1.82, 2.24) is 4.90 Å². The number of piperidine rings is 1. The molecule has 0 aliphatic carbocycles. The molecule has 0 N–H and O–H groups in total. The molecule has 1 amide bonds. The third-order valence-corrected chi connectivity index (χ3v) is 7.12. The number of hydrogen-bond acceptors (Lipinski definition) is 3. The largest absolute Gasteiger partial charge is 0.333 e. The molecular weight excluding hydrogens is 322 g/mol. The lowest BCUT2D eigenvalue weighted by Gasteiger charge is -2.38. The van der Waals surface area contributed by atoms with E-state index in [2.05, 4.69) is 20.8 Å². The molecule has 2 bridgehead atoms. The molecule has 2 unspecified atom stereocenters. The molecule has 24 heavy (non-hydrogen) atoms. The van der Waals surface area contributed by atoms with Crippen LogP contribution in [-0.4, -0.2) is 42.8 Å². The zero-order valence-corrected chi connectivity index (χ0v) is 15.8. The molecule has 2 heterocycles. The molecule has 132 valence electrons. The van der Waals surface area contributed by atoms with Crippen molar-refractivity contribution in [3.8, 4) is 0 Å². The predicted molar refractivity (Wildman–Crippen MR) is 96.0 cm³/mol. The third kappa shape index (κ3) is 3.23. The van der Waals surface area contributed by atoms with Crippen molar-refractivity contribution in [2.24, 2.45) is 0 Å². The summed E-state index contributed by atoms with van der Waals surface area (Å²) in [7, 11) is -3.03. The van der Waals surface area contributed by atoms with E-state index in [-0.39, 0.29) is 28.7 Å². The summed E-state index contributed by atoms with van der Waals surface area (Å²) in [4.78, 5) is 14.9. The Morgan fingerprint density at radius 1 is 1.04 bits per heavy atom. The minimum absolute atomic E-state index is 0.0508. The first-order valence-corrected chi connectivity index (χ1v) is 10.6. The van der Waals surface area contributed by atoms with E-state index >= 15 is 0 Å². The van der Waals surface area contributed by atoms with Gasteiger partial charge in [-0.1, -0.05) is 32.9 Å². The summed E-state index contributed by atoms with van der Waals surface area (Å²) in [5, 5.41) is -0.290. The molecular formula is C19H27NO3S. The SMILES string of the molecule is CC(C)(C)c1ccc(C(=O)N2C3CCC2CC(S(C)(=O)=O)C3)cc1. The van der Waals surface area contributed by atoms with Crippen molar-refractivity contribution >= 4 is 15.7 Å². The van der Waals surface area contributed by atoms with Crippen LogP contribution in [-0.2, 0) is 15.3 Å². The van der Waals surface area contributed by atoms with Crippen LogP contribution in [0.4, 0.5) is 0 Å². The van der Waals surface area contributed by atoms with Crippen molar-refractivity contribution < 1.29 is 13.2 Å². The summed E-state index contributed by atoms with van der Waals surface area (Å²) in [6, 6.07) is 8.00. The fraction of sp³-hybridized carbons (Fsp3) is 0.632. The van der Waals surface area contributed by atoms with Crippen LogP contribution >= 0.6 is 0 Å². The van der Waals surface area contributed by atoms with Crippen LogP contribution < -0.4 is 0 Å². The van der Waals surface area contributed by atoms with Crippen LogP contribution in [0.3, 0.4) is 0 Å². The fourth-order valence-electron chi connectivity index (χ4n) is 4.07. The molecule has 2 atom stereocenters. The Morgan fingerprint density at radius 2 is 1.54 bits per heavy atom. The van der Waals surface area contributed by atoms with Crippen LogP contribution in [0.1, 0.15) is 62.4 Å². The molecule has 1 aromatic rings. The molecule has 0 spiro atoms. The van der Waals surface area contributed by atoms with Crippen LogP contribution in [0.5, 0.6) is 0 Å². The van der Waals surface area contributed by atoms with E-state index in [4.69, 9.17) is 0 Å². The highest BCUT2D eigenvalue weighted by Crippen LogP contribution is 2.39. The first-order chi connectivity index (χ1) is 11.1. The monoisotopic (exact) mass is 349 g/mol. The Balaban J connectivity index is 1.79. The number of rotatable bonds is 2. The first-order valence-electron chi connectivity index (χ1n) is 8.69. The van der Waals surface area contributed by atoms with E-state index in [0.717, 1.165) is 12.8 Å². The number of fused-ring (bicyclic) bond motifs is 2. The molecule has 2 aliphatic rings. The van der Waals surface area contributed by atoms with Gasteiger partial charge in [0.05, 0.1) is 5.25 Å². The highest BCUT2D eigenvalue weighted by Gasteiger charge is 2.45. The molecule has 3 rings (SSSR count). The molecule has 1 aromatic carbocycles. The zero-order chi connectivity index (χ0) is 17.7. The van der Waals surface area contributed by atoms with Gasteiger partial charge in [-0.2, -0.15) is 0 Å². The van der Waals surface area contributed by atoms with Gasteiger partial charge in [0.15, 0.2) is 0 Å². The number of nitrogens with zero attached hydrogens (tertiary/aromatic N) is 1. The second kappa shape index (κ2) is 5.87. The van der Waals surface area contributed by atoms with Crippen LogP contribution in [0, 0.1) is 0 Å². The van der Waals surface area contributed by atoms with E-state index in [9.17, 15) is 13.2 Å². The molecule has 0 aromatic heterocycles. The lowest BCUT2D eigenvalue weighted by molar-refractivity contribution is 0.0598. The Hall–Kier alpha value is -1.36. The van der Waals surface area contributed by atoms with Crippen molar-refractivity contribution in [2.45, 2.75) is 69.2 Å². The van der Waals surface area contributed by atoms with Crippen molar-refractivity contribution in [3.63, 3.8) is 0 Å². The van der Waals surface area contributed by atoms with Gasteiger partial charge in [0.25, 0.3) is 5.91 Å². The Kier molecular flexibility index (Phi) is 4.27. The van der Waals surface area contributed by atoms with Gasteiger partial charge >= 0.3 is 0 Å². The van der Waals surface area contributed by atoms with Crippen LogP contribution in [0.25, 0.3) is 0 Å². The Bertz CT molecular complexity index is 717. The Morgan fingerprint density at radius 3 is 1.96 bits per heavy atom. The van der Waals surface area contributed by atoms with Crippen molar-refractivity contribution in [3.05, 3.63) is 35.4 Å². The lowest BCUT2D eigenvalue weighted by atomic mass is 9.86. The predicted octanol–water partition coefficient (Wildman–Crippen LogP) is 3.16. The summed E-state index contributed by atoms with van der Waals surface area (Å²) >= 11 is 0. The molecule has 0 saturated carbocycles. The molecule has 2 fully saturated rings. The normalized spacial score (nSPS) is 27.3. The number of carbonyl (C=O) groups is 1. The van der Waals surface area contributed by atoms with Gasteiger partial charge < -0.3 is 4.90 Å². The summed E-state index contributed by atoms with van der Waals surface area (Å²) in [6.07, 6.45) is 4.33. The van der Waals surface area contributed by atoms with Crippen LogP contribution in [0.2, 0.25) is 0 Å². The smallest absolute Gasteiger partial charge is 0.254 e. The van der Waals surface area contributed by atoms with Gasteiger partial charge in [0.2, 0.25) is 0 Å². The van der Waals surface area contributed by atoms with Gasteiger partial charge in [0.1, 0.15) is 9.84 Å². The third-order valence-electron chi connectivity index (χ3n) is 5.53. The van der Waals surface area contributed by atoms with Crippen molar-refractivity contribution in [2.75, 3.05) is 6.26 Å². The summed E-state index contributed by atoms with van der Waals surface area (Å²) in [6.45, 7) is 6.46. The first kappa shape index (κ1) is 17.5. The molecule has 2 aliphatic heterocycles. The van der Waals surface area contributed by atoms with E-state index in [1.54, 1.807) is 0 Å². The fourth-order valence-corrected chi connectivity index (χ4v) is 5.21. The molecule has 2 saturated heterocycles. The number of hydrogen-bond donors (Lipinski definition) is 0. The van der Waals surface area contributed by atoms with Crippen molar-refractivity contribution in [1.29, 1.82) is 0 Å². The second-order valence-electron chi connectivity index (χ2n) is 8.35. The maximum atomic E-state index is 13.0. The molecule has 4 nitrogen and oxygen atoms in total. The second-order valence-corrected chi connectivity index (χ2v) is 10.7. The quantitative estimate of drug-likeness (QED) is 0.824. The van der Waals surface area contributed by atoms with E-state index in [1.165, 1.54) is 11.8 Å². The summed E-state index contributed by atoms with van der Waals surface area (Å²) in [5.74, 6) is 0.0508. The maximum absolute atomic E-state index is 13.0. The summed E-state index contributed by atoms with van der Waals surface area (Å²) < 4.78 is 23.8. The minimum atomic E-state index is -3.03. The Labute approximate surface area is 145 Å². The number of benzene rings is 1. The van der Waals surface area contributed by atoms with E-state index in [0.29, 0.717) is 18.4 Å².